The van der Waals surface area contributed by atoms with E-state index in [1.54, 1.807) is 12.4 Å². The summed E-state index contributed by atoms with van der Waals surface area (Å²) in [5, 5.41) is 4.66. The minimum Gasteiger partial charge on any atom is -0.454 e. The lowest BCUT2D eigenvalue weighted by Crippen LogP contribution is -1.99. The number of pyridine rings is 1. The zero-order valence-electron chi connectivity index (χ0n) is 9.97. The fourth-order valence-electron chi connectivity index (χ4n) is 2.54. The predicted molar refractivity (Wildman–Crippen MR) is 77.2 cm³/mol. The summed E-state index contributed by atoms with van der Waals surface area (Å²) in [6.07, 6.45) is 3.58. The van der Waals surface area contributed by atoms with E-state index in [1.807, 2.05) is 6.07 Å². The van der Waals surface area contributed by atoms with E-state index in [-0.39, 0.29) is 0 Å². The van der Waals surface area contributed by atoms with Crippen molar-refractivity contribution >= 4 is 46.0 Å². The highest BCUT2D eigenvalue weighted by atomic mass is 16.3. The maximum Gasteiger partial charge on any atom is 0.153 e. The van der Waals surface area contributed by atoms with Gasteiger partial charge in [0.1, 0.15) is 13.4 Å². The van der Waals surface area contributed by atoms with Crippen LogP contribution in [-0.4, -0.2) is 12.8 Å². The van der Waals surface area contributed by atoms with Crippen molar-refractivity contribution in [1.29, 1.82) is 0 Å². The van der Waals surface area contributed by atoms with Crippen LogP contribution in [0.5, 0.6) is 0 Å². The van der Waals surface area contributed by atoms with Gasteiger partial charge in [-0.3, -0.25) is 4.98 Å². The first-order chi connectivity index (χ1) is 8.83. The van der Waals surface area contributed by atoms with Crippen molar-refractivity contribution in [3.8, 4) is 0 Å². The lowest BCUT2D eigenvalue weighted by Gasteiger charge is -2.00. The van der Waals surface area contributed by atoms with Gasteiger partial charge in [-0.2, -0.15) is 0 Å². The van der Waals surface area contributed by atoms with Crippen molar-refractivity contribution in [2.75, 3.05) is 0 Å². The van der Waals surface area contributed by atoms with Crippen molar-refractivity contribution in [1.82, 2.24) is 4.98 Å². The molecule has 2 aromatic heterocycles. The zero-order valence-corrected chi connectivity index (χ0v) is 9.97. The van der Waals surface area contributed by atoms with Crippen LogP contribution in [0.3, 0.4) is 0 Å². The molecule has 0 atom stereocenters. The van der Waals surface area contributed by atoms with Crippen LogP contribution in [0.1, 0.15) is 0 Å². The van der Waals surface area contributed by atoms with Gasteiger partial charge in [-0.05, 0) is 17.5 Å². The van der Waals surface area contributed by atoms with Crippen LogP contribution in [0.25, 0.3) is 32.7 Å². The Morgan fingerprint density at radius 3 is 2.78 bits per heavy atom. The summed E-state index contributed by atoms with van der Waals surface area (Å²) in [5.74, 6) is 0. The minimum absolute atomic E-state index is 0.848. The maximum absolute atomic E-state index is 5.94. The van der Waals surface area contributed by atoms with Gasteiger partial charge in [0.05, 0.1) is 6.20 Å². The first-order valence-electron chi connectivity index (χ1n) is 5.98. The second-order valence-corrected chi connectivity index (χ2v) is 4.64. The normalized spacial score (nSPS) is 11.6. The lowest BCUT2D eigenvalue weighted by atomic mass is 9.93. The van der Waals surface area contributed by atoms with E-state index in [9.17, 15) is 0 Å². The van der Waals surface area contributed by atoms with Gasteiger partial charge in [0.15, 0.2) is 5.58 Å². The molecular formula is C15H10BNO. The Hall–Kier alpha value is -2.29. The molecule has 0 aliphatic heterocycles. The average Bonchev–Trinajstić information content (AvgIpc) is 2.77. The Labute approximate surface area is 105 Å². The highest BCUT2D eigenvalue weighted by Gasteiger charge is 2.09. The summed E-state index contributed by atoms with van der Waals surface area (Å²) in [6, 6.07) is 12.7. The van der Waals surface area contributed by atoms with Crippen molar-refractivity contribution < 1.29 is 4.42 Å². The van der Waals surface area contributed by atoms with Crippen LogP contribution in [0, 0.1) is 0 Å². The van der Waals surface area contributed by atoms with Crippen LogP contribution in [0.4, 0.5) is 0 Å². The summed E-state index contributed by atoms with van der Waals surface area (Å²) in [6.45, 7) is 0. The van der Waals surface area contributed by atoms with Crippen LogP contribution < -0.4 is 5.46 Å². The number of hydrogen-bond acceptors (Lipinski definition) is 2. The van der Waals surface area contributed by atoms with Crippen molar-refractivity contribution in [3.63, 3.8) is 0 Å². The van der Waals surface area contributed by atoms with Gasteiger partial charge in [0, 0.05) is 22.4 Å². The number of fused-ring (bicyclic) bond motifs is 5. The third-order valence-corrected chi connectivity index (χ3v) is 3.41. The van der Waals surface area contributed by atoms with Gasteiger partial charge in [-0.25, -0.2) is 0 Å². The predicted octanol–water partition coefficient (Wildman–Crippen LogP) is 2.39. The molecule has 2 heterocycles. The zero-order chi connectivity index (χ0) is 12.1. The molecule has 0 N–H and O–H groups in total. The molecule has 0 saturated heterocycles. The molecule has 2 aromatic carbocycles. The van der Waals surface area contributed by atoms with Crippen LogP contribution in [-0.2, 0) is 0 Å². The van der Waals surface area contributed by atoms with Crippen molar-refractivity contribution in [2.45, 2.75) is 0 Å². The third kappa shape index (κ3) is 1.22. The smallest absolute Gasteiger partial charge is 0.153 e. The highest BCUT2D eigenvalue weighted by Crippen LogP contribution is 2.32. The number of aromatic nitrogens is 1. The van der Waals surface area contributed by atoms with E-state index in [0.717, 1.165) is 27.3 Å². The van der Waals surface area contributed by atoms with E-state index < -0.39 is 0 Å². The standard InChI is InChI=1S/C15H10BNO/c16-10-2-4-11-9(7-10)1-3-13-12-5-6-17-8-14(12)18-15(11)13/h1-8H,16H2. The third-order valence-electron chi connectivity index (χ3n) is 3.41. The molecular weight excluding hydrogens is 221 g/mol. The van der Waals surface area contributed by atoms with Gasteiger partial charge >= 0.3 is 0 Å². The first-order valence-corrected chi connectivity index (χ1v) is 5.98. The average molecular weight is 231 g/mol. The molecule has 0 radical (unpaired) electrons. The Morgan fingerprint density at radius 1 is 0.944 bits per heavy atom. The summed E-state index contributed by atoms with van der Waals surface area (Å²) >= 11 is 0. The van der Waals surface area contributed by atoms with Crippen LogP contribution in [0.15, 0.2) is 53.2 Å². The van der Waals surface area contributed by atoms with Crippen LogP contribution in [0.2, 0.25) is 0 Å². The molecule has 0 spiro atoms. The number of benzene rings is 2. The lowest BCUT2D eigenvalue weighted by molar-refractivity contribution is 0.670. The van der Waals surface area contributed by atoms with Gasteiger partial charge in [0.2, 0.25) is 0 Å². The quantitative estimate of drug-likeness (QED) is 0.434. The molecule has 2 nitrogen and oxygen atoms in total. The Morgan fingerprint density at radius 2 is 1.83 bits per heavy atom. The molecule has 0 bridgehead atoms. The molecule has 0 aliphatic rings. The maximum atomic E-state index is 5.94. The molecule has 0 amide bonds. The topological polar surface area (TPSA) is 26.0 Å². The molecule has 3 heteroatoms. The molecule has 4 rings (SSSR count). The molecule has 0 saturated carbocycles. The van der Waals surface area contributed by atoms with Gasteiger partial charge < -0.3 is 4.42 Å². The highest BCUT2D eigenvalue weighted by molar-refractivity contribution is 6.33. The summed E-state index contributed by atoms with van der Waals surface area (Å²) in [4.78, 5) is 4.11. The number of rotatable bonds is 0. The summed E-state index contributed by atoms with van der Waals surface area (Å²) < 4.78 is 5.94. The van der Waals surface area contributed by atoms with E-state index in [1.165, 1.54) is 10.8 Å². The Balaban J connectivity index is 2.28. The monoisotopic (exact) mass is 231 g/mol. The number of furan rings is 1. The summed E-state index contributed by atoms with van der Waals surface area (Å²) in [7, 11) is 2.10. The van der Waals surface area contributed by atoms with E-state index in [4.69, 9.17) is 4.42 Å². The van der Waals surface area contributed by atoms with E-state index in [2.05, 4.69) is 43.2 Å². The Bertz CT molecular complexity index is 895. The van der Waals surface area contributed by atoms with E-state index in [0.29, 0.717) is 0 Å². The minimum atomic E-state index is 0.848. The van der Waals surface area contributed by atoms with Gasteiger partial charge in [0.25, 0.3) is 0 Å². The molecule has 0 fully saturated rings. The van der Waals surface area contributed by atoms with E-state index >= 15 is 0 Å². The van der Waals surface area contributed by atoms with Gasteiger partial charge in [-0.15, -0.1) is 0 Å². The molecule has 4 aromatic rings. The SMILES string of the molecule is Bc1ccc2c(ccc3c4ccncc4oc23)c1. The summed E-state index contributed by atoms with van der Waals surface area (Å²) in [5.41, 5.74) is 3.07. The number of hydrogen-bond donors (Lipinski definition) is 0. The largest absolute Gasteiger partial charge is 0.454 e. The molecule has 0 unspecified atom stereocenters. The van der Waals surface area contributed by atoms with Crippen molar-refractivity contribution in [2.24, 2.45) is 0 Å². The van der Waals surface area contributed by atoms with Crippen molar-refractivity contribution in [3.05, 3.63) is 48.8 Å². The first kappa shape index (κ1) is 9.72. The number of nitrogens with zero attached hydrogens (tertiary/aromatic N) is 1. The fraction of sp³-hybridized carbons (Fsp3) is 0. The second kappa shape index (κ2) is 3.36. The fourth-order valence-corrected chi connectivity index (χ4v) is 2.54. The molecule has 18 heavy (non-hydrogen) atoms. The Kier molecular flexibility index (Phi) is 1.81. The second-order valence-electron chi connectivity index (χ2n) is 4.64. The molecule has 0 aliphatic carbocycles. The van der Waals surface area contributed by atoms with Gasteiger partial charge in [-0.1, -0.05) is 29.7 Å². The van der Waals surface area contributed by atoms with Crippen LogP contribution >= 0.6 is 0 Å². The molecule has 84 valence electrons.